The number of unbranched alkanes of at least 4 members (excludes halogenated alkanes) is 1. The lowest BCUT2D eigenvalue weighted by Crippen LogP contribution is -1.92. The van der Waals surface area contributed by atoms with Gasteiger partial charge in [-0.2, -0.15) is 0 Å². The van der Waals surface area contributed by atoms with Crippen molar-refractivity contribution in [2.24, 2.45) is 5.92 Å². The van der Waals surface area contributed by atoms with Crippen LogP contribution in [0.4, 0.5) is 0 Å². The Morgan fingerprint density at radius 2 is 2.06 bits per heavy atom. The molecule has 2 nitrogen and oxygen atoms in total. The van der Waals surface area contributed by atoms with Crippen molar-refractivity contribution in [1.29, 1.82) is 0 Å². The summed E-state index contributed by atoms with van der Waals surface area (Å²) in [6.07, 6.45) is 13.5. The maximum atomic E-state index is 9.94. The zero-order valence-corrected chi connectivity index (χ0v) is 10.3. The van der Waals surface area contributed by atoms with Gasteiger partial charge in [-0.05, 0) is 38.5 Å². The number of hydrogen-bond donors (Lipinski definition) is 1. The predicted molar refractivity (Wildman–Crippen MR) is 68.5 cm³/mol. The van der Waals surface area contributed by atoms with Crippen LogP contribution in [-0.4, -0.2) is 11.1 Å². The third-order valence-corrected chi connectivity index (χ3v) is 2.73. The van der Waals surface area contributed by atoms with Crippen molar-refractivity contribution in [3.63, 3.8) is 0 Å². The Labute approximate surface area is 99.1 Å². The molecule has 16 heavy (non-hydrogen) atoms. The first-order valence-electron chi connectivity index (χ1n) is 6.16. The molecule has 1 aliphatic rings. The van der Waals surface area contributed by atoms with E-state index in [0.29, 0.717) is 0 Å². The molecule has 1 saturated carbocycles. The van der Waals surface area contributed by atoms with Gasteiger partial charge in [-0.3, -0.25) is 4.79 Å². The van der Waals surface area contributed by atoms with Crippen LogP contribution in [-0.2, 0) is 4.79 Å². The van der Waals surface area contributed by atoms with Gasteiger partial charge in [0.25, 0.3) is 0 Å². The van der Waals surface area contributed by atoms with E-state index in [1.807, 2.05) is 19.1 Å². The summed E-state index contributed by atoms with van der Waals surface area (Å²) >= 11 is 0. The highest BCUT2D eigenvalue weighted by atomic mass is 16.4. The van der Waals surface area contributed by atoms with Crippen LogP contribution in [0.3, 0.4) is 0 Å². The molecule has 0 aliphatic heterocycles. The molecule has 92 valence electrons. The molecule has 0 radical (unpaired) electrons. The fourth-order valence-electron chi connectivity index (χ4n) is 1.73. The summed E-state index contributed by atoms with van der Waals surface area (Å²) < 4.78 is 0. The van der Waals surface area contributed by atoms with E-state index < -0.39 is 5.97 Å². The van der Waals surface area contributed by atoms with Crippen LogP contribution in [0.5, 0.6) is 0 Å². The quantitative estimate of drug-likeness (QED) is 0.562. The summed E-state index contributed by atoms with van der Waals surface area (Å²) in [5.41, 5.74) is 0. The van der Waals surface area contributed by atoms with Crippen LogP contribution >= 0.6 is 0 Å². The van der Waals surface area contributed by atoms with Crippen molar-refractivity contribution in [3.05, 3.63) is 24.8 Å². The monoisotopic (exact) mass is 224 g/mol. The standard InChI is InChI=1S/C7H12O2.C7H12/c1-2-3-4-5-6-7(8)9;1-2-7-5-3-4-6-7/h2-3H,4-6H2,1H3,(H,8,9);2,7H,1,3-6H2/b3-2-;. The second kappa shape index (κ2) is 10.5. The fourth-order valence-corrected chi connectivity index (χ4v) is 1.73. The minimum absolute atomic E-state index is 0.282. The topological polar surface area (TPSA) is 37.3 Å². The van der Waals surface area contributed by atoms with Crippen molar-refractivity contribution < 1.29 is 9.90 Å². The Hall–Kier alpha value is -1.05. The third-order valence-electron chi connectivity index (χ3n) is 2.73. The molecule has 1 rings (SSSR count). The second-order valence-corrected chi connectivity index (χ2v) is 4.14. The smallest absolute Gasteiger partial charge is 0.303 e. The molecule has 0 unspecified atom stereocenters. The van der Waals surface area contributed by atoms with E-state index in [-0.39, 0.29) is 6.42 Å². The number of carboxylic acid groups (broad SMARTS) is 1. The third kappa shape index (κ3) is 9.50. The summed E-state index contributed by atoms with van der Waals surface area (Å²) in [6, 6.07) is 0. The highest BCUT2D eigenvalue weighted by Gasteiger charge is 2.09. The maximum absolute atomic E-state index is 9.94. The number of hydrogen-bond acceptors (Lipinski definition) is 1. The van der Waals surface area contributed by atoms with Gasteiger partial charge < -0.3 is 5.11 Å². The number of carboxylic acids is 1. The van der Waals surface area contributed by atoms with Gasteiger partial charge in [-0.25, -0.2) is 0 Å². The van der Waals surface area contributed by atoms with Crippen molar-refractivity contribution in [2.45, 2.75) is 51.9 Å². The molecule has 0 atom stereocenters. The van der Waals surface area contributed by atoms with E-state index in [4.69, 9.17) is 5.11 Å². The SMILES string of the molecule is C/C=C\CCCC(=O)O.C=CC1CCCC1. The Bertz CT molecular complexity index is 213. The molecular weight excluding hydrogens is 200 g/mol. The molecule has 0 spiro atoms. The lowest BCUT2D eigenvalue weighted by atomic mass is 10.1. The first kappa shape index (κ1) is 14.9. The largest absolute Gasteiger partial charge is 0.481 e. The Balaban J connectivity index is 0.000000288. The predicted octanol–water partition coefficient (Wildman–Crippen LogP) is 4.18. The summed E-state index contributed by atoms with van der Waals surface area (Å²) in [5, 5.41) is 8.19. The normalized spacial score (nSPS) is 15.8. The molecular formula is C14H24O2. The molecule has 0 heterocycles. The van der Waals surface area contributed by atoms with E-state index in [1.54, 1.807) is 0 Å². The van der Waals surface area contributed by atoms with E-state index >= 15 is 0 Å². The average Bonchev–Trinajstić information content (AvgIpc) is 2.78. The Morgan fingerprint density at radius 3 is 2.44 bits per heavy atom. The highest BCUT2D eigenvalue weighted by Crippen LogP contribution is 2.24. The average molecular weight is 224 g/mol. The Kier molecular flexibility index (Phi) is 9.78. The van der Waals surface area contributed by atoms with Crippen LogP contribution in [0.15, 0.2) is 24.8 Å². The zero-order valence-electron chi connectivity index (χ0n) is 10.3. The molecule has 0 amide bonds. The number of aliphatic carboxylic acids is 1. The molecule has 0 saturated heterocycles. The van der Waals surface area contributed by atoms with E-state index in [2.05, 4.69) is 12.7 Å². The number of allylic oxidation sites excluding steroid dienone is 3. The molecule has 1 fully saturated rings. The molecule has 1 aliphatic carbocycles. The van der Waals surface area contributed by atoms with Gasteiger partial charge in [0.1, 0.15) is 0 Å². The van der Waals surface area contributed by atoms with E-state index in [1.165, 1.54) is 25.7 Å². The van der Waals surface area contributed by atoms with Gasteiger partial charge in [0.15, 0.2) is 0 Å². The van der Waals surface area contributed by atoms with Crippen molar-refractivity contribution >= 4 is 5.97 Å². The molecule has 0 aromatic heterocycles. The van der Waals surface area contributed by atoms with Crippen LogP contribution in [0.1, 0.15) is 51.9 Å². The van der Waals surface area contributed by atoms with E-state index in [9.17, 15) is 4.79 Å². The fraction of sp³-hybridized carbons (Fsp3) is 0.643. The Morgan fingerprint density at radius 1 is 1.44 bits per heavy atom. The summed E-state index contributed by atoms with van der Waals surface area (Å²) in [6.45, 7) is 5.67. The molecule has 0 aromatic carbocycles. The van der Waals surface area contributed by atoms with Gasteiger partial charge in [0.05, 0.1) is 0 Å². The van der Waals surface area contributed by atoms with Crippen molar-refractivity contribution in [3.8, 4) is 0 Å². The van der Waals surface area contributed by atoms with Crippen LogP contribution in [0.2, 0.25) is 0 Å². The van der Waals surface area contributed by atoms with Gasteiger partial charge in [-0.1, -0.05) is 31.1 Å². The highest BCUT2D eigenvalue weighted by molar-refractivity contribution is 5.66. The lowest BCUT2D eigenvalue weighted by molar-refractivity contribution is -0.137. The van der Waals surface area contributed by atoms with Crippen molar-refractivity contribution in [2.75, 3.05) is 0 Å². The molecule has 1 N–H and O–H groups in total. The van der Waals surface area contributed by atoms with Crippen molar-refractivity contribution in [1.82, 2.24) is 0 Å². The first-order chi connectivity index (χ1) is 7.70. The number of rotatable bonds is 5. The van der Waals surface area contributed by atoms with Crippen LogP contribution in [0.25, 0.3) is 0 Å². The van der Waals surface area contributed by atoms with Gasteiger partial charge in [0, 0.05) is 6.42 Å². The van der Waals surface area contributed by atoms with Gasteiger partial charge >= 0.3 is 5.97 Å². The maximum Gasteiger partial charge on any atom is 0.303 e. The molecule has 0 bridgehead atoms. The van der Waals surface area contributed by atoms with Crippen LogP contribution < -0.4 is 0 Å². The minimum Gasteiger partial charge on any atom is -0.481 e. The summed E-state index contributed by atoms with van der Waals surface area (Å²) in [5.74, 6) is 0.152. The first-order valence-corrected chi connectivity index (χ1v) is 6.16. The zero-order chi connectivity index (χ0) is 12.2. The summed E-state index contributed by atoms with van der Waals surface area (Å²) in [7, 11) is 0. The molecule has 2 heteroatoms. The second-order valence-electron chi connectivity index (χ2n) is 4.14. The van der Waals surface area contributed by atoms with E-state index in [0.717, 1.165) is 18.8 Å². The van der Waals surface area contributed by atoms with Gasteiger partial charge in [-0.15, -0.1) is 6.58 Å². The number of carbonyl (C=O) groups is 1. The van der Waals surface area contributed by atoms with Crippen LogP contribution in [0, 0.1) is 5.92 Å². The molecule has 0 aromatic rings. The summed E-state index contributed by atoms with van der Waals surface area (Å²) in [4.78, 5) is 9.94. The van der Waals surface area contributed by atoms with Gasteiger partial charge in [0.2, 0.25) is 0 Å². The minimum atomic E-state index is -0.709. The lowest BCUT2D eigenvalue weighted by Gasteiger charge is -1.94.